The van der Waals surface area contributed by atoms with E-state index in [1.54, 1.807) is 12.1 Å². The molecule has 29 heavy (non-hydrogen) atoms. The molecule has 2 aromatic carbocycles. The minimum atomic E-state index is -0.494. The van der Waals surface area contributed by atoms with Gasteiger partial charge in [0.25, 0.3) is 5.91 Å². The van der Waals surface area contributed by atoms with Gasteiger partial charge in [-0.15, -0.1) is 0 Å². The Kier molecular flexibility index (Phi) is 5.12. The van der Waals surface area contributed by atoms with Crippen molar-refractivity contribution < 1.29 is 23.8 Å². The number of hydrogen-bond acceptors (Lipinski definition) is 7. The number of halogens is 2. The third-order valence-corrected chi connectivity index (χ3v) is 4.63. The van der Waals surface area contributed by atoms with E-state index in [2.05, 4.69) is 15.3 Å². The van der Waals surface area contributed by atoms with Crippen LogP contribution in [0.4, 0.5) is 5.69 Å². The molecular formula is C19H13Cl2N3O5. The lowest BCUT2D eigenvalue weighted by Crippen LogP contribution is -2.21. The predicted octanol–water partition coefficient (Wildman–Crippen LogP) is 3.89. The molecule has 1 aliphatic rings. The monoisotopic (exact) mass is 433 g/mol. The molecule has 0 spiro atoms. The summed E-state index contributed by atoms with van der Waals surface area (Å²) in [6.45, 7) is 1.09. The van der Waals surface area contributed by atoms with Gasteiger partial charge in [-0.2, -0.15) is 0 Å². The second-order valence-electron chi connectivity index (χ2n) is 6.11. The van der Waals surface area contributed by atoms with Gasteiger partial charge in [0.15, 0.2) is 23.9 Å². The molecule has 0 fully saturated rings. The van der Waals surface area contributed by atoms with E-state index in [0.717, 1.165) is 0 Å². The van der Waals surface area contributed by atoms with Gasteiger partial charge in [0.05, 0.1) is 21.6 Å². The van der Waals surface area contributed by atoms with E-state index in [1.165, 1.54) is 25.4 Å². The Bertz CT molecular complexity index is 1150. The lowest BCUT2D eigenvalue weighted by molar-refractivity contribution is -0.118. The lowest BCUT2D eigenvalue weighted by Gasteiger charge is -2.12. The maximum absolute atomic E-state index is 12.4. The van der Waals surface area contributed by atoms with Crippen molar-refractivity contribution in [3.8, 4) is 17.4 Å². The van der Waals surface area contributed by atoms with Gasteiger partial charge in [0, 0.05) is 16.7 Å². The van der Waals surface area contributed by atoms with Crippen LogP contribution in [-0.4, -0.2) is 35.1 Å². The van der Waals surface area contributed by atoms with E-state index in [9.17, 15) is 9.59 Å². The summed E-state index contributed by atoms with van der Waals surface area (Å²) < 4.78 is 16.1. The molecule has 0 radical (unpaired) electrons. The van der Waals surface area contributed by atoms with E-state index in [0.29, 0.717) is 43.7 Å². The highest BCUT2D eigenvalue weighted by molar-refractivity contribution is 6.38. The number of nitrogens with zero attached hydrogens (tertiary/aromatic N) is 2. The first-order valence-electron chi connectivity index (χ1n) is 8.39. The molecule has 1 N–H and O–H groups in total. The van der Waals surface area contributed by atoms with Crippen LogP contribution in [0.5, 0.6) is 17.4 Å². The van der Waals surface area contributed by atoms with Gasteiger partial charge in [0.1, 0.15) is 6.33 Å². The first kappa shape index (κ1) is 19.2. The van der Waals surface area contributed by atoms with E-state index in [1.807, 2.05) is 0 Å². The van der Waals surface area contributed by atoms with Crippen LogP contribution in [0.3, 0.4) is 0 Å². The third kappa shape index (κ3) is 3.90. The molecule has 10 heteroatoms. The summed E-state index contributed by atoms with van der Waals surface area (Å²) in [5.41, 5.74) is 1.05. The molecule has 148 valence electrons. The van der Waals surface area contributed by atoms with Crippen molar-refractivity contribution >= 4 is 51.5 Å². The van der Waals surface area contributed by atoms with E-state index >= 15 is 0 Å². The maximum atomic E-state index is 12.4. The van der Waals surface area contributed by atoms with Crippen molar-refractivity contribution in [2.24, 2.45) is 0 Å². The van der Waals surface area contributed by atoms with Crippen LogP contribution in [0.15, 0.2) is 30.6 Å². The summed E-state index contributed by atoms with van der Waals surface area (Å²) in [5, 5.41) is 3.85. The molecule has 0 saturated heterocycles. The van der Waals surface area contributed by atoms with Gasteiger partial charge < -0.3 is 19.5 Å². The average Bonchev–Trinajstić information content (AvgIpc) is 3.13. The minimum absolute atomic E-state index is 0.0547. The summed E-state index contributed by atoms with van der Waals surface area (Å²) in [6, 6.07) is 6.22. The smallest absolute Gasteiger partial charge is 0.262 e. The Balaban J connectivity index is 1.53. The lowest BCUT2D eigenvalue weighted by atomic mass is 10.1. The summed E-state index contributed by atoms with van der Waals surface area (Å²) in [6.07, 6.45) is 1.28. The fraction of sp³-hybridized carbons (Fsp3) is 0.158. The molecule has 0 saturated carbocycles. The molecule has 3 aromatic rings. The second-order valence-corrected chi connectivity index (χ2v) is 6.95. The number of hydrogen-bond donors (Lipinski definition) is 1. The molecule has 4 rings (SSSR count). The van der Waals surface area contributed by atoms with Crippen molar-refractivity contribution in [2.75, 3.05) is 18.7 Å². The Morgan fingerprint density at radius 3 is 2.66 bits per heavy atom. The number of Topliss-reactive ketones (excluding diaryl/α,β-unsaturated/α-hetero) is 1. The average molecular weight is 434 g/mol. The van der Waals surface area contributed by atoms with Crippen LogP contribution in [0.25, 0.3) is 10.9 Å². The van der Waals surface area contributed by atoms with Crippen LogP contribution in [0.1, 0.15) is 17.3 Å². The quantitative estimate of drug-likeness (QED) is 0.609. The molecule has 1 aromatic heterocycles. The van der Waals surface area contributed by atoms with Gasteiger partial charge in [-0.1, -0.05) is 23.2 Å². The van der Waals surface area contributed by atoms with Crippen molar-refractivity contribution in [2.45, 2.75) is 6.92 Å². The standard InChI is InChI=1S/C19H13Cl2N3O5/c1-9(25)11-4-15-16(29-8-28-15)5-14(11)24-17(26)6-27-19-12-2-10(20)3-13(21)18(12)22-7-23-19/h2-5,7H,6,8H2,1H3,(H,24,26). The minimum Gasteiger partial charge on any atom is -0.467 e. The predicted molar refractivity (Wildman–Crippen MR) is 106 cm³/mol. The van der Waals surface area contributed by atoms with Crippen molar-refractivity contribution in [1.29, 1.82) is 0 Å². The molecule has 8 nitrogen and oxygen atoms in total. The SMILES string of the molecule is CC(=O)c1cc2c(cc1NC(=O)COc1ncnc3c(Cl)cc(Cl)cc13)OCO2. The fourth-order valence-electron chi connectivity index (χ4n) is 2.84. The summed E-state index contributed by atoms with van der Waals surface area (Å²) in [7, 11) is 0. The Labute approximate surface area is 174 Å². The summed E-state index contributed by atoms with van der Waals surface area (Å²) >= 11 is 12.2. The van der Waals surface area contributed by atoms with Crippen LogP contribution in [0.2, 0.25) is 10.0 Å². The first-order chi connectivity index (χ1) is 13.9. The highest BCUT2D eigenvalue weighted by Crippen LogP contribution is 2.37. The summed E-state index contributed by atoms with van der Waals surface area (Å²) in [4.78, 5) is 32.5. The molecule has 0 atom stereocenters. The number of rotatable bonds is 5. The number of amides is 1. The molecule has 0 bridgehead atoms. The van der Waals surface area contributed by atoms with Crippen molar-refractivity contribution in [3.05, 3.63) is 46.2 Å². The number of carbonyl (C=O) groups excluding carboxylic acids is 2. The van der Waals surface area contributed by atoms with Gasteiger partial charge in [-0.25, -0.2) is 9.97 Å². The molecule has 1 aliphatic heterocycles. The Hall–Kier alpha value is -3.10. The van der Waals surface area contributed by atoms with E-state index in [4.69, 9.17) is 37.4 Å². The maximum Gasteiger partial charge on any atom is 0.262 e. The number of ether oxygens (including phenoxy) is 3. The zero-order valence-corrected chi connectivity index (χ0v) is 16.5. The number of fused-ring (bicyclic) bond motifs is 2. The Morgan fingerprint density at radius 1 is 1.14 bits per heavy atom. The number of aromatic nitrogens is 2. The normalized spacial score (nSPS) is 12.1. The van der Waals surface area contributed by atoms with E-state index in [-0.39, 0.29) is 25.1 Å². The van der Waals surface area contributed by atoms with Gasteiger partial charge in [0.2, 0.25) is 12.7 Å². The molecule has 2 heterocycles. The number of benzene rings is 2. The molecule has 0 unspecified atom stereocenters. The second kappa shape index (κ2) is 7.73. The number of carbonyl (C=O) groups is 2. The number of anilines is 1. The third-order valence-electron chi connectivity index (χ3n) is 4.13. The number of ketones is 1. The number of nitrogens with one attached hydrogen (secondary N) is 1. The van der Waals surface area contributed by atoms with E-state index < -0.39 is 5.91 Å². The highest BCUT2D eigenvalue weighted by atomic mass is 35.5. The highest BCUT2D eigenvalue weighted by Gasteiger charge is 2.21. The topological polar surface area (TPSA) is 99.6 Å². The Morgan fingerprint density at radius 2 is 1.90 bits per heavy atom. The molecular weight excluding hydrogens is 421 g/mol. The first-order valence-corrected chi connectivity index (χ1v) is 9.15. The zero-order chi connectivity index (χ0) is 20.5. The van der Waals surface area contributed by atoms with Crippen LogP contribution < -0.4 is 19.5 Å². The van der Waals surface area contributed by atoms with Gasteiger partial charge in [-0.05, 0) is 25.1 Å². The van der Waals surface area contributed by atoms with Crippen LogP contribution in [0, 0.1) is 0 Å². The van der Waals surface area contributed by atoms with Crippen molar-refractivity contribution in [1.82, 2.24) is 9.97 Å². The fourth-order valence-corrected chi connectivity index (χ4v) is 3.38. The molecule has 0 aliphatic carbocycles. The van der Waals surface area contributed by atoms with Crippen LogP contribution in [-0.2, 0) is 4.79 Å². The van der Waals surface area contributed by atoms with Crippen molar-refractivity contribution in [3.63, 3.8) is 0 Å². The van der Waals surface area contributed by atoms with Gasteiger partial charge >= 0.3 is 0 Å². The van der Waals surface area contributed by atoms with Crippen LogP contribution >= 0.6 is 23.2 Å². The largest absolute Gasteiger partial charge is 0.467 e. The van der Waals surface area contributed by atoms with Gasteiger partial charge in [-0.3, -0.25) is 9.59 Å². The summed E-state index contributed by atoms with van der Waals surface area (Å²) in [5.74, 6) is 0.326. The molecule has 1 amide bonds. The zero-order valence-electron chi connectivity index (χ0n) is 15.0.